The van der Waals surface area contributed by atoms with Gasteiger partial charge in [0.1, 0.15) is 12.6 Å². The molecule has 1 aromatic carbocycles. The van der Waals surface area contributed by atoms with Gasteiger partial charge in [0.15, 0.2) is 0 Å². The van der Waals surface area contributed by atoms with Crippen molar-refractivity contribution in [2.45, 2.75) is 45.1 Å². The Morgan fingerprint density at radius 2 is 1.91 bits per heavy atom. The molecule has 32 heavy (non-hydrogen) atoms. The molecule has 2 aliphatic rings. The number of hydrogen-bond donors (Lipinski definition) is 2. The summed E-state index contributed by atoms with van der Waals surface area (Å²) in [4.78, 5) is 46.0. The SMILES string of the molecule is COCC(=O)NC(=NC1CCCCN(CC(=O)N2CCCC2)C1=O)Nc1cccc(C)c1. The molecule has 2 heterocycles. The summed E-state index contributed by atoms with van der Waals surface area (Å²) in [5.74, 6) is -0.358. The van der Waals surface area contributed by atoms with E-state index in [-0.39, 0.29) is 36.8 Å². The van der Waals surface area contributed by atoms with E-state index in [0.29, 0.717) is 13.0 Å². The summed E-state index contributed by atoms with van der Waals surface area (Å²) >= 11 is 0. The van der Waals surface area contributed by atoms with E-state index in [1.54, 1.807) is 4.90 Å². The zero-order valence-corrected chi connectivity index (χ0v) is 18.9. The van der Waals surface area contributed by atoms with Gasteiger partial charge < -0.3 is 19.9 Å². The van der Waals surface area contributed by atoms with Crippen LogP contribution >= 0.6 is 0 Å². The van der Waals surface area contributed by atoms with E-state index in [9.17, 15) is 14.4 Å². The number of rotatable bonds is 6. The number of aliphatic imine (C=N–C) groups is 1. The van der Waals surface area contributed by atoms with E-state index < -0.39 is 6.04 Å². The Morgan fingerprint density at radius 1 is 1.16 bits per heavy atom. The standard InChI is InChI=1S/C23H33N5O4/c1-17-8-7-9-18(14-17)24-23(26-20(29)16-32-2)25-19-10-3-4-13-28(22(19)31)15-21(30)27-11-5-6-12-27/h7-9,14,19H,3-6,10-13,15-16H2,1-2H3,(H2,24,25,26,29). The van der Waals surface area contributed by atoms with E-state index in [1.807, 2.05) is 36.1 Å². The number of nitrogens with one attached hydrogen (secondary N) is 2. The second kappa shape index (κ2) is 11.6. The fraction of sp³-hybridized carbons (Fsp3) is 0.565. The molecule has 0 spiro atoms. The first kappa shape index (κ1) is 23.7. The lowest BCUT2D eigenvalue weighted by atomic mass is 10.1. The highest BCUT2D eigenvalue weighted by atomic mass is 16.5. The van der Waals surface area contributed by atoms with Crippen LogP contribution in [0.3, 0.4) is 0 Å². The monoisotopic (exact) mass is 443 g/mol. The van der Waals surface area contributed by atoms with Crippen molar-refractivity contribution in [1.82, 2.24) is 15.1 Å². The third-order valence-electron chi connectivity index (χ3n) is 5.64. The molecule has 0 saturated carbocycles. The number of benzene rings is 1. The van der Waals surface area contributed by atoms with Gasteiger partial charge in [0.05, 0.1) is 6.54 Å². The molecule has 2 aliphatic heterocycles. The highest BCUT2D eigenvalue weighted by Crippen LogP contribution is 2.17. The summed E-state index contributed by atoms with van der Waals surface area (Å²) in [6.07, 6.45) is 4.23. The van der Waals surface area contributed by atoms with Gasteiger partial charge in [-0.3, -0.25) is 19.7 Å². The van der Waals surface area contributed by atoms with E-state index in [1.165, 1.54) is 7.11 Å². The Balaban J connectivity index is 1.76. The van der Waals surface area contributed by atoms with Crippen molar-refractivity contribution in [2.75, 3.05) is 45.2 Å². The number of amides is 3. The maximum atomic E-state index is 13.2. The lowest BCUT2D eigenvalue weighted by Crippen LogP contribution is -2.46. The second-order valence-corrected chi connectivity index (χ2v) is 8.31. The Morgan fingerprint density at radius 3 is 2.62 bits per heavy atom. The van der Waals surface area contributed by atoms with Crippen molar-refractivity contribution in [3.8, 4) is 0 Å². The third-order valence-corrected chi connectivity index (χ3v) is 5.64. The number of carbonyl (C=O) groups is 3. The zero-order chi connectivity index (χ0) is 22.9. The topological polar surface area (TPSA) is 103 Å². The summed E-state index contributed by atoms with van der Waals surface area (Å²) in [5.41, 5.74) is 1.80. The lowest BCUT2D eigenvalue weighted by molar-refractivity contribution is -0.140. The first-order chi connectivity index (χ1) is 15.5. The summed E-state index contributed by atoms with van der Waals surface area (Å²) in [6, 6.07) is 6.98. The minimum Gasteiger partial charge on any atom is -0.375 e. The predicted molar refractivity (Wildman–Crippen MR) is 122 cm³/mol. The van der Waals surface area contributed by atoms with Gasteiger partial charge in [-0.05, 0) is 56.7 Å². The summed E-state index contributed by atoms with van der Waals surface area (Å²) in [6.45, 7) is 4.00. The molecule has 9 heteroatoms. The third kappa shape index (κ3) is 6.78. The highest BCUT2D eigenvalue weighted by molar-refractivity contribution is 6.05. The van der Waals surface area contributed by atoms with E-state index in [0.717, 1.165) is 50.0 Å². The van der Waals surface area contributed by atoms with Crippen molar-refractivity contribution in [1.29, 1.82) is 0 Å². The molecular weight excluding hydrogens is 410 g/mol. The van der Waals surface area contributed by atoms with Crippen LogP contribution in [0.5, 0.6) is 0 Å². The van der Waals surface area contributed by atoms with Gasteiger partial charge in [-0.1, -0.05) is 12.1 Å². The molecule has 2 fully saturated rings. The van der Waals surface area contributed by atoms with Crippen LogP contribution in [0.4, 0.5) is 5.69 Å². The van der Waals surface area contributed by atoms with Crippen LogP contribution < -0.4 is 10.6 Å². The number of methoxy groups -OCH3 is 1. The number of likely N-dealkylation sites (tertiary alicyclic amines) is 2. The van der Waals surface area contributed by atoms with Gasteiger partial charge >= 0.3 is 0 Å². The predicted octanol–water partition coefficient (Wildman–Crippen LogP) is 1.53. The average Bonchev–Trinajstić information content (AvgIpc) is 3.24. The first-order valence-corrected chi connectivity index (χ1v) is 11.2. The van der Waals surface area contributed by atoms with Crippen LogP contribution in [0.15, 0.2) is 29.3 Å². The Labute approximate surface area is 189 Å². The molecule has 1 aromatic rings. The van der Waals surface area contributed by atoms with Crippen LogP contribution in [0.25, 0.3) is 0 Å². The quantitative estimate of drug-likeness (QED) is 0.513. The first-order valence-electron chi connectivity index (χ1n) is 11.2. The van der Waals surface area contributed by atoms with Crippen LogP contribution in [-0.2, 0) is 19.1 Å². The van der Waals surface area contributed by atoms with Crippen LogP contribution in [-0.4, -0.2) is 79.4 Å². The van der Waals surface area contributed by atoms with Gasteiger partial charge in [0.2, 0.25) is 17.8 Å². The highest BCUT2D eigenvalue weighted by Gasteiger charge is 2.30. The lowest BCUT2D eigenvalue weighted by Gasteiger charge is -2.25. The van der Waals surface area contributed by atoms with Gasteiger partial charge in [-0.2, -0.15) is 0 Å². The maximum absolute atomic E-state index is 13.2. The molecule has 1 atom stereocenters. The summed E-state index contributed by atoms with van der Waals surface area (Å²) in [5, 5.41) is 5.82. The number of ether oxygens (including phenoxy) is 1. The molecule has 0 bridgehead atoms. The molecule has 174 valence electrons. The molecule has 3 amide bonds. The molecule has 1 unspecified atom stereocenters. The van der Waals surface area contributed by atoms with Crippen LogP contribution in [0.1, 0.15) is 37.7 Å². The molecule has 0 radical (unpaired) electrons. The van der Waals surface area contributed by atoms with Crippen LogP contribution in [0, 0.1) is 6.92 Å². The minimum absolute atomic E-state index is 0.00742. The number of carbonyl (C=O) groups excluding carboxylic acids is 3. The minimum atomic E-state index is -0.668. The molecule has 9 nitrogen and oxygen atoms in total. The molecule has 0 aromatic heterocycles. The second-order valence-electron chi connectivity index (χ2n) is 8.31. The van der Waals surface area contributed by atoms with Crippen molar-refractivity contribution < 1.29 is 19.1 Å². The smallest absolute Gasteiger partial charge is 0.252 e. The Kier molecular flexibility index (Phi) is 8.61. The van der Waals surface area contributed by atoms with Gasteiger partial charge in [-0.25, -0.2) is 4.99 Å². The molecule has 3 rings (SSSR count). The maximum Gasteiger partial charge on any atom is 0.252 e. The van der Waals surface area contributed by atoms with E-state index >= 15 is 0 Å². The Bertz CT molecular complexity index is 851. The molecular formula is C23H33N5O4. The van der Waals surface area contributed by atoms with Crippen molar-refractivity contribution in [2.24, 2.45) is 4.99 Å². The number of aryl methyl sites for hydroxylation is 1. The fourth-order valence-electron chi connectivity index (χ4n) is 4.00. The van der Waals surface area contributed by atoms with Gasteiger partial charge in [0, 0.05) is 32.4 Å². The van der Waals surface area contributed by atoms with Crippen molar-refractivity contribution in [3.05, 3.63) is 29.8 Å². The van der Waals surface area contributed by atoms with Gasteiger partial charge in [0.25, 0.3) is 5.91 Å². The van der Waals surface area contributed by atoms with Crippen molar-refractivity contribution >= 4 is 29.4 Å². The van der Waals surface area contributed by atoms with Crippen molar-refractivity contribution in [3.63, 3.8) is 0 Å². The molecule has 2 saturated heterocycles. The number of hydrogen-bond acceptors (Lipinski definition) is 5. The average molecular weight is 444 g/mol. The summed E-state index contributed by atoms with van der Waals surface area (Å²) in [7, 11) is 1.44. The normalized spacial score (nSPS) is 19.6. The van der Waals surface area contributed by atoms with Crippen LogP contribution in [0.2, 0.25) is 0 Å². The van der Waals surface area contributed by atoms with E-state index in [2.05, 4.69) is 15.6 Å². The number of nitrogens with zero attached hydrogens (tertiary/aromatic N) is 3. The molecule has 0 aliphatic carbocycles. The molecule has 2 N–H and O–H groups in total. The fourth-order valence-corrected chi connectivity index (χ4v) is 4.00. The Hall–Kier alpha value is -2.94. The van der Waals surface area contributed by atoms with Gasteiger partial charge in [-0.15, -0.1) is 0 Å². The summed E-state index contributed by atoms with van der Waals surface area (Å²) < 4.78 is 4.90. The zero-order valence-electron chi connectivity index (χ0n) is 18.9. The number of anilines is 1. The van der Waals surface area contributed by atoms with E-state index in [4.69, 9.17) is 4.74 Å². The number of guanidine groups is 1. The largest absolute Gasteiger partial charge is 0.375 e.